The third-order valence-electron chi connectivity index (χ3n) is 1.86. The van der Waals surface area contributed by atoms with Gasteiger partial charge in [0.15, 0.2) is 0 Å². The zero-order valence-electron chi connectivity index (χ0n) is 8.60. The number of amides is 1. The Balaban J connectivity index is 3.46. The van der Waals surface area contributed by atoms with Crippen molar-refractivity contribution in [1.82, 2.24) is 5.32 Å². The van der Waals surface area contributed by atoms with Crippen molar-refractivity contribution in [2.75, 3.05) is 6.54 Å². The van der Waals surface area contributed by atoms with E-state index in [9.17, 15) is 4.79 Å². The van der Waals surface area contributed by atoms with Crippen LogP contribution in [0.2, 0.25) is 0 Å². The second-order valence-corrected chi connectivity index (χ2v) is 3.43. The summed E-state index contributed by atoms with van der Waals surface area (Å²) in [7, 11) is 0. The molecule has 0 radical (unpaired) electrons. The molecular formula is C10H20N2O. The first-order valence-corrected chi connectivity index (χ1v) is 4.73. The molecule has 13 heavy (non-hydrogen) atoms. The molecule has 0 aromatic carbocycles. The standard InChI is InChI=1S/C10H20N2O/c1-4-9(11)7-12-10(13)6-5-8(2)3/h9H,2,4-7,11H2,1,3H3,(H,12,13). The summed E-state index contributed by atoms with van der Waals surface area (Å²) in [5.74, 6) is 0.0619. The van der Waals surface area contributed by atoms with Gasteiger partial charge < -0.3 is 11.1 Å². The van der Waals surface area contributed by atoms with E-state index >= 15 is 0 Å². The minimum absolute atomic E-state index is 0.0619. The first-order chi connectivity index (χ1) is 6.06. The summed E-state index contributed by atoms with van der Waals surface area (Å²) in [4.78, 5) is 11.2. The molecule has 0 aromatic heterocycles. The number of carbonyl (C=O) groups excluding carboxylic acids is 1. The van der Waals surface area contributed by atoms with Crippen molar-refractivity contribution in [2.24, 2.45) is 5.73 Å². The smallest absolute Gasteiger partial charge is 0.220 e. The summed E-state index contributed by atoms with van der Waals surface area (Å²) in [5, 5.41) is 2.78. The Hall–Kier alpha value is -0.830. The molecule has 1 unspecified atom stereocenters. The molecule has 1 atom stereocenters. The van der Waals surface area contributed by atoms with Crippen molar-refractivity contribution in [3.63, 3.8) is 0 Å². The fourth-order valence-corrected chi connectivity index (χ4v) is 0.805. The highest BCUT2D eigenvalue weighted by Crippen LogP contribution is 1.99. The highest BCUT2D eigenvalue weighted by Gasteiger charge is 2.03. The van der Waals surface area contributed by atoms with Crippen molar-refractivity contribution in [1.29, 1.82) is 0 Å². The van der Waals surface area contributed by atoms with Crippen LogP contribution in [0.5, 0.6) is 0 Å². The molecule has 0 saturated carbocycles. The summed E-state index contributed by atoms with van der Waals surface area (Å²) in [6, 6.07) is 0.0776. The molecule has 0 spiro atoms. The van der Waals surface area contributed by atoms with Gasteiger partial charge in [-0.15, -0.1) is 6.58 Å². The van der Waals surface area contributed by atoms with E-state index in [0.29, 0.717) is 13.0 Å². The van der Waals surface area contributed by atoms with E-state index in [-0.39, 0.29) is 11.9 Å². The molecule has 3 N–H and O–H groups in total. The fraction of sp³-hybridized carbons (Fsp3) is 0.700. The van der Waals surface area contributed by atoms with Gasteiger partial charge >= 0.3 is 0 Å². The van der Waals surface area contributed by atoms with Gasteiger partial charge in [0.2, 0.25) is 5.91 Å². The van der Waals surface area contributed by atoms with Gasteiger partial charge in [-0.3, -0.25) is 4.79 Å². The molecule has 0 aliphatic rings. The average Bonchev–Trinajstić information content (AvgIpc) is 2.10. The minimum Gasteiger partial charge on any atom is -0.355 e. The normalized spacial score (nSPS) is 12.2. The van der Waals surface area contributed by atoms with Gasteiger partial charge in [-0.1, -0.05) is 12.5 Å². The van der Waals surface area contributed by atoms with E-state index in [1.807, 2.05) is 13.8 Å². The van der Waals surface area contributed by atoms with Crippen LogP contribution in [0.3, 0.4) is 0 Å². The van der Waals surface area contributed by atoms with Crippen LogP contribution in [-0.2, 0) is 4.79 Å². The number of hydrogen-bond acceptors (Lipinski definition) is 2. The number of rotatable bonds is 6. The highest BCUT2D eigenvalue weighted by atomic mass is 16.1. The van der Waals surface area contributed by atoms with Gasteiger partial charge in [0.25, 0.3) is 0 Å². The van der Waals surface area contributed by atoms with Gasteiger partial charge in [0.05, 0.1) is 0 Å². The third-order valence-corrected chi connectivity index (χ3v) is 1.86. The fourth-order valence-electron chi connectivity index (χ4n) is 0.805. The summed E-state index contributed by atoms with van der Waals surface area (Å²) < 4.78 is 0. The second-order valence-electron chi connectivity index (χ2n) is 3.43. The first kappa shape index (κ1) is 12.2. The Morgan fingerprint density at radius 1 is 1.54 bits per heavy atom. The van der Waals surface area contributed by atoms with Gasteiger partial charge in [0.1, 0.15) is 0 Å². The van der Waals surface area contributed by atoms with Crippen LogP contribution in [-0.4, -0.2) is 18.5 Å². The maximum atomic E-state index is 11.2. The number of nitrogens with two attached hydrogens (primary N) is 1. The average molecular weight is 184 g/mol. The van der Waals surface area contributed by atoms with E-state index in [4.69, 9.17) is 5.73 Å². The Labute approximate surface area is 80.4 Å². The molecule has 1 amide bonds. The van der Waals surface area contributed by atoms with Crippen LogP contribution in [0.4, 0.5) is 0 Å². The molecule has 0 bridgehead atoms. The lowest BCUT2D eigenvalue weighted by Gasteiger charge is -2.09. The van der Waals surface area contributed by atoms with Gasteiger partial charge in [-0.25, -0.2) is 0 Å². The Kier molecular flexibility index (Phi) is 6.24. The lowest BCUT2D eigenvalue weighted by Crippen LogP contribution is -2.36. The van der Waals surface area contributed by atoms with Crippen molar-refractivity contribution in [2.45, 2.75) is 39.2 Å². The molecule has 0 fully saturated rings. The Bertz CT molecular complexity index is 178. The Morgan fingerprint density at radius 3 is 2.62 bits per heavy atom. The predicted octanol–water partition coefficient (Wildman–Crippen LogP) is 1.20. The lowest BCUT2D eigenvalue weighted by molar-refractivity contribution is -0.121. The quantitative estimate of drug-likeness (QED) is 0.609. The van der Waals surface area contributed by atoms with Gasteiger partial charge in [-0.05, 0) is 19.8 Å². The molecule has 0 heterocycles. The molecule has 0 rings (SSSR count). The molecule has 3 nitrogen and oxygen atoms in total. The summed E-state index contributed by atoms with van der Waals surface area (Å²) in [6.45, 7) is 8.24. The summed E-state index contributed by atoms with van der Waals surface area (Å²) in [5.41, 5.74) is 6.68. The van der Waals surface area contributed by atoms with Crippen LogP contribution < -0.4 is 11.1 Å². The molecule has 0 aliphatic carbocycles. The SMILES string of the molecule is C=C(C)CCC(=O)NCC(N)CC. The largest absolute Gasteiger partial charge is 0.355 e. The van der Waals surface area contributed by atoms with Crippen LogP contribution >= 0.6 is 0 Å². The molecule has 0 saturated heterocycles. The van der Waals surface area contributed by atoms with Crippen molar-refractivity contribution < 1.29 is 4.79 Å². The molecule has 3 heteroatoms. The molecule has 0 aromatic rings. The maximum Gasteiger partial charge on any atom is 0.220 e. The number of hydrogen-bond donors (Lipinski definition) is 2. The maximum absolute atomic E-state index is 11.2. The third kappa shape index (κ3) is 7.53. The number of allylic oxidation sites excluding steroid dienone is 1. The van der Waals surface area contributed by atoms with Crippen LogP contribution in [0.15, 0.2) is 12.2 Å². The molecular weight excluding hydrogens is 164 g/mol. The lowest BCUT2D eigenvalue weighted by atomic mass is 10.2. The molecule has 76 valence electrons. The number of carbonyl (C=O) groups is 1. The van der Waals surface area contributed by atoms with Crippen molar-refractivity contribution in [3.05, 3.63) is 12.2 Å². The number of nitrogens with one attached hydrogen (secondary N) is 1. The van der Waals surface area contributed by atoms with E-state index < -0.39 is 0 Å². The Morgan fingerprint density at radius 2 is 2.15 bits per heavy atom. The van der Waals surface area contributed by atoms with E-state index in [1.165, 1.54) is 0 Å². The van der Waals surface area contributed by atoms with Gasteiger partial charge in [0, 0.05) is 19.0 Å². The summed E-state index contributed by atoms with van der Waals surface area (Å²) in [6.07, 6.45) is 2.17. The highest BCUT2D eigenvalue weighted by molar-refractivity contribution is 5.76. The van der Waals surface area contributed by atoms with Crippen LogP contribution in [0.1, 0.15) is 33.1 Å². The zero-order valence-corrected chi connectivity index (χ0v) is 8.60. The van der Waals surface area contributed by atoms with Crippen LogP contribution in [0.25, 0.3) is 0 Å². The van der Waals surface area contributed by atoms with Crippen molar-refractivity contribution in [3.8, 4) is 0 Å². The van der Waals surface area contributed by atoms with E-state index in [1.54, 1.807) is 0 Å². The van der Waals surface area contributed by atoms with Gasteiger partial charge in [-0.2, -0.15) is 0 Å². The summed E-state index contributed by atoms with van der Waals surface area (Å²) >= 11 is 0. The predicted molar refractivity (Wildman–Crippen MR) is 55.3 cm³/mol. The zero-order chi connectivity index (χ0) is 10.3. The second kappa shape index (κ2) is 6.66. The first-order valence-electron chi connectivity index (χ1n) is 4.73. The van der Waals surface area contributed by atoms with E-state index in [0.717, 1.165) is 18.4 Å². The monoisotopic (exact) mass is 184 g/mol. The topological polar surface area (TPSA) is 55.1 Å². The molecule has 0 aliphatic heterocycles. The van der Waals surface area contributed by atoms with Crippen molar-refractivity contribution >= 4 is 5.91 Å². The van der Waals surface area contributed by atoms with Crippen LogP contribution in [0, 0.1) is 0 Å². The minimum atomic E-state index is 0.0619. The van der Waals surface area contributed by atoms with E-state index in [2.05, 4.69) is 11.9 Å².